The number of hydrogen-bond donors (Lipinski definition) is 0. The second kappa shape index (κ2) is 5.03. The predicted molar refractivity (Wildman–Crippen MR) is 56.1 cm³/mol. The van der Waals surface area contributed by atoms with E-state index < -0.39 is 0 Å². The maximum absolute atomic E-state index is 8.40. The molecule has 80 valence electrons. The topological polar surface area (TPSA) is 75.6 Å². The summed E-state index contributed by atoms with van der Waals surface area (Å²) in [7, 11) is 0. The number of nitriles is 1. The van der Waals surface area contributed by atoms with Gasteiger partial charge >= 0.3 is 0 Å². The molecular weight excluding hydrogens is 204 g/mol. The van der Waals surface area contributed by atoms with Gasteiger partial charge in [-0.2, -0.15) is 10.2 Å². The van der Waals surface area contributed by atoms with Crippen molar-refractivity contribution >= 4 is 0 Å². The van der Waals surface area contributed by atoms with Gasteiger partial charge in [-0.1, -0.05) is 5.16 Å². The van der Waals surface area contributed by atoms with E-state index in [1.807, 2.05) is 12.1 Å². The first kappa shape index (κ1) is 10.3. The van der Waals surface area contributed by atoms with Crippen LogP contribution < -0.4 is 0 Å². The zero-order chi connectivity index (χ0) is 11.2. The minimum Gasteiger partial charge on any atom is -0.339 e. The Morgan fingerprint density at radius 1 is 1.31 bits per heavy atom. The molecule has 0 aliphatic carbocycles. The van der Waals surface area contributed by atoms with E-state index >= 15 is 0 Å². The Kier molecular flexibility index (Phi) is 3.24. The Hall–Kier alpha value is -2.22. The molecule has 2 aromatic heterocycles. The molecule has 0 aliphatic heterocycles. The highest BCUT2D eigenvalue weighted by molar-refractivity contribution is 5.52. The summed E-state index contributed by atoms with van der Waals surface area (Å²) < 4.78 is 5.07. The minimum atomic E-state index is 0.507. The fourth-order valence-electron chi connectivity index (χ4n) is 1.29. The summed E-state index contributed by atoms with van der Waals surface area (Å²) in [6, 6.07) is 5.72. The van der Waals surface area contributed by atoms with Crippen LogP contribution in [0.2, 0.25) is 0 Å². The predicted octanol–water partition coefficient (Wildman–Crippen LogP) is 1.98. The van der Waals surface area contributed by atoms with Gasteiger partial charge in [-0.15, -0.1) is 0 Å². The van der Waals surface area contributed by atoms with Gasteiger partial charge in [-0.3, -0.25) is 4.98 Å². The third kappa shape index (κ3) is 2.42. The van der Waals surface area contributed by atoms with Crippen LogP contribution in [0.5, 0.6) is 0 Å². The molecule has 0 unspecified atom stereocenters. The van der Waals surface area contributed by atoms with Gasteiger partial charge in [0.2, 0.25) is 11.7 Å². The van der Waals surface area contributed by atoms with Crippen molar-refractivity contribution in [2.75, 3.05) is 0 Å². The smallest absolute Gasteiger partial charge is 0.226 e. The number of hydrogen-bond acceptors (Lipinski definition) is 5. The minimum absolute atomic E-state index is 0.507. The molecule has 5 nitrogen and oxygen atoms in total. The summed E-state index contributed by atoms with van der Waals surface area (Å²) >= 11 is 0. The molecule has 0 aliphatic rings. The summed E-state index contributed by atoms with van der Waals surface area (Å²) in [5, 5.41) is 12.3. The summed E-state index contributed by atoms with van der Waals surface area (Å²) in [6.45, 7) is 0. The first-order valence-corrected chi connectivity index (χ1v) is 5.00. The first-order chi connectivity index (χ1) is 7.90. The molecule has 0 aromatic carbocycles. The summed E-state index contributed by atoms with van der Waals surface area (Å²) in [6.07, 6.45) is 5.26. The monoisotopic (exact) mass is 214 g/mol. The lowest BCUT2D eigenvalue weighted by atomic mass is 10.2. The van der Waals surface area contributed by atoms with Crippen LogP contribution in [0.3, 0.4) is 0 Å². The molecule has 0 saturated heterocycles. The number of unbranched alkanes of at least 4 members (excludes halogenated alkanes) is 1. The third-order valence-corrected chi connectivity index (χ3v) is 2.09. The molecule has 0 spiro atoms. The molecule has 0 saturated carbocycles. The van der Waals surface area contributed by atoms with E-state index in [0.29, 0.717) is 24.6 Å². The van der Waals surface area contributed by atoms with E-state index in [0.717, 1.165) is 12.0 Å². The molecule has 16 heavy (non-hydrogen) atoms. The summed E-state index contributed by atoms with van der Waals surface area (Å²) in [5.41, 5.74) is 0.880. The van der Waals surface area contributed by atoms with Crippen molar-refractivity contribution in [2.45, 2.75) is 19.3 Å². The normalized spacial score (nSPS) is 9.94. The lowest BCUT2D eigenvalue weighted by Gasteiger charge is -1.90. The van der Waals surface area contributed by atoms with Crippen LogP contribution in [0.25, 0.3) is 11.4 Å². The van der Waals surface area contributed by atoms with Crippen LogP contribution in [0.15, 0.2) is 29.0 Å². The van der Waals surface area contributed by atoms with E-state index in [4.69, 9.17) is 9.78 Å². The van der Waals surface area contributed by atoms with E-state index in [2.05, 4.69) is 21.2 Å². The fraction of sp³-hybridized carbons (Fsp3) is 0.273. The molecule has 2 aromatic rings. The number of rotatable bonds is 4. The van der Waals surface area contributed by atoms with Gasteiger partial charge < -0.3 is 4.52 Å². The molecule has 0 amide bonds. The third-order valence-electron chi connectivity index (χ3n) is 2.09. The van der Waals surface area contributed by atoms with Gasteiger partial charge in [0, 0.05) is 30.8 Å². The zero-order valence-electron chi connectivity index (χ0n) is 8.63. The van der Waals surface area contributed by atoms with Crippen molar-refractivity contribution in [2.24, 2.45) is 0 Å². The van der Waals surface area contributed by atoms with Crippen molar-refractivity contribution in [3.8, 4) is 17.5 Å². The van der Waals surface area contributed by atoms with Crippen LogP contribution in [0.4, 0.5) is 0 Å². The number of aryl methyl sites for hydroxylation is 1. The van der Waals surface area contributed by atoms with Crippen LogP contribution in [-0.4, -0.2) is 15.1 Å². The average molecular weight is 214 g/mol. The second-order valence-electron chi connectivity index (χ2n) is 3.26. The highest BCUT2D eigenvalue weighted by Gasteiger charge is 2.07. The summed E-state index contributed by atoms with van der Waals surface area (Å²) in [5.74, 6) is 1.14. The van der Waals surface area contributed by atoms with Crippen molar-refractivity contribution in [3.05, 3.63) is 30.4 Å². The first-order valence-electron chi connectivity index (χ1n) is 5.00. The van der Waals surface area contributed by atoms with Gasteiger partial charge in [0.15, 0.2) is 0 Å². The Labute approximate surface area is 92.7 Å². The van der Waals surface area contributed by atoms with E-state index in [1.54, 1.807) is 12.4 Å². The maximum Gasteiger partial charge on any atom is 0.226 e. The highest BCUT2D eigenvalue weighted by atomic mass is 16.5. The van der Waals surface area contributed by atoms with E-state index in [1.165, 1.54) is 0 Å². The average Bonchev–Trinajstić information content (AvgIpc) is 2.79. The van der Waals surface area contributed by atoms with E-state index in [-0.39, 0.29) is 0 Å². The SMILES string of the molecule is N#CCCCc1nc(-c2ccncc2)no1. The van der Waals surface area contributed by atoms with Crippen LogP contribution in [-0.2, 0) is 6.42 Å². The van der Waals surface area contributed by atoms with Crippen LogP contribution in [0.1, 0.15) is 18.7 Å². The standard InChI is InChI=1S/C11H10N4O/c12-6-2-1-3-10-14-11(15-16-10)9-4-7-13-8-5-9/h4-5,7-8H,1-3H2. The van der Waals surface area contributed by atoms with E-state index in [9.17, 15) is 0 Å². The molecule has 0 N–H and O–H groups in total. The van der Waals surface area contributed by atoms with Gasteiger partial charge in [0.25, 0.3) is 0 Å². The molecule has 2 rings (SSSR count). The number of pyridine rings is 1. The molecule has 2 heterocycles. The lowest BCUT2D eigenvalue weighted by molar-refractivity contribution is 0.376. The van der Waals surface area contributed by atoms with Crippen LogP contribution >= 0.6 is 0 Å². The Morgan fingerprint density at radius 2 is 2.12 bits per heavy atom. The van der Waals surface area contributed by atoms with Crippen molar-refractivity contribution in [1.82, 2.24) is 15.1 Å². The number of aromatic nitrogens is 3. The van der Waals surface area contributed by atoms with Crippen molar-refractivity contribution in [1.29, 1.82) is 5.26 Å². The Bertz CT molecular complexity index is 486. The molecule has 0 fully saturated rings. The second-order valence-corrected chi connectivity index (χ2v) is 3.26. The van der Waals surface area contributed by atoms with Gasteiger partial charge in [0.1, 0.15) is 0 Å². The maximum atomic E-state index is 8.40. The highest BCUT2D eigenvalue weighted by Crippen LogP contribution is 2.14. The molecule has 5 heteroatoms. The van der Waals surface area contributed by atoms with Crippen molar-refractivity contribution in [3.63, 3.8) is 0 Å². The van der Waals surface area contributed by atoms with Gasteiger partial charge in [-0.25, -0.2) is 0 Å². The number of nitrogens with zero attached hydrogens (tertiary/aromatic N) is 4. The largest absolute Gasteiger partial charge is 0.339 e. The molecule has 0 bridgehead atoms. The van der Waals surface area contributed by atoms with Gasteiger partial charge in [-0.05, 0) is 18.6 Å². The Balaban J connectivity index is 2.06. The lowest BCUT2D eigenvalue weighted by Crippen LogP contribution is -1.85. The zero-order valence-corrected chi connectivity index (χ0v) is 8.63. The summed E-state index contributed by atoms with van der Waals surface area (Å²) in [4.78, 5) is 8.15. The quantitative estimate of drug-likeness (QED) is 0.727. The van der Waals surface area contributed by atoms with Crippen LogP contribution in [0, 0.1) is 11.3 Å². The van der Waals surface area contributed by atoms with Crippen molar-refractivity contribution < 1.29 is 4.52 Å². The Morgan fingerprint density at radius 3 is 2.88 bits per heavy atom. The fourth-order valence-corrected chi connectivity index (χ4v) is 1.29. The molecular formula is C11H10N4O. The molecule has 0 atom stereocenters. The van der Waals surface area contributed by atoms with Gasteiger partial charge in [0.05, 0.1) is 6.07 Å². The molecule has 0 radical (unpaired) electrons.